The van der Waals surface area contributed by atoms with Crippen molar-refractivity contribution in [3.8, 4) is 0 Å². The summed E-state index contributed by atoms with van der Waals surface area (Å²) in [6, 6.07) is 2.21. The molecule has 2 rings (SSSR count). The first-order valence-electron chi connectivity index (χ1n) is 11.4. The number of aliphatic hydroxyl groups is 1. The summed E-state index contributed by atoms with van der Waals surface area (Å²) in [7, 11) is 1.56. The van der Waals surface area contributed by atoms with Gasteiger partial charge in [0.05, 0.1) is 25.1 Å². The van der Waals surface area contributed by atoms with E-state index >= 15 is 0 Å². The van der Waals surface area contributed by atoms with Gasteiger partial charge >= 0.3 is 5.97 Å². The van der Waals surface area contributed by atoms with Crippen LogP contribution in [0.3, 0.4) is 0 Å². The number of amides is 2. The lowest BCUT2D eigenvalue weighted by atomic mass is 9.85. The minimum absolute atomic E-state index is 0.316. The number of hydrogen-bond acceptors (Lipinski definition) is 7. The van der Waals surface area contributed by atoms with Gasteiger partial charge in [-0.25, -0.2) is 0 Å². The molecule has 0 aliphatic carbocycles. The molecule has 194 valence electrons. The Morgan fingerprint density at radius 3 is 2.54 bits per heavy atom. The number of likely N-dealkylation sites (tertiary alicyclic amines) is 1. The molecule has 1 aliphatic heterocycles. The predicted molar refractivity (Wildman–Crippen MR) is 128 cm³/mol. The maximum atomic E-state index is 13.6. The number of rotatable bonds is 11. The van der Waals surface area contributed by atoms with E-state index in [0.717, 1.165) is 5.56 Å². The summed E-state index contributed by atoms with van der Waals surface area (Å²) in [4.78, 5) is 49.9. The number of aliphatic carboxylic acids is 1. The molecule has 1 saturated heterocycles. The second kappa shape index (κ2) is 12.4. The van der Waals surface area contributed by atoms with Crippen LogP contribution in [0, 0.1) is 5.41 Å². The average Bonchev–Trinajstić information content (AvgIpc) is 3.25. The van der Waals surface area contributed by atoms with E-state index in [2.05, 4.69) is 10.6 Å². The lowest BCUT2D eigenvalue weighted by Crippen LogP contribution is -2.57. The van der Waals surface area contributed by atoms with Crippen molar-refractivity contribution in [2.45, 2.75) is 71.0 Å². The van der Waals surface area contributed by atoms with Crippen LogP contribution in [-0.4, -0.2) is 71.0 Å². The van der Waals surface area contributed by atoms with Crippen molar-refractivity contribution in [3.05, 3.63) is 34.3 Å². The van der Waals surface area contributed by atoms with E-state index in [0.29, 0.717) is 42.9 Å². The number of aldehydes is 1. The number of carboxylic acids is 1. The highest BCUT2D eigenvalue weighted by Crippen LogP contribution is 2.29. The summed E-state index contributed by atoms with van der Waals surface area (Å²) in [5.41, 5.74) is 0.588. The molecule has 4 atom stereocenters. The van der Waals surface area contributed by atoms with E-state index < -0.39 is 48.1 Å². The number of nitrogens with zero attached hydrogens (tertiary/aromatic N) is 1. The third-order valence-corrected chi connectivity index (χ3v) is 6.16. The lowest BCUT2D eigenvalue weighted by Gasteiger charge is -2.37. The number of carboxylic acid groups (broad SMARTS) is 1. The van der Waals surface area contributed by atoms with Gasteiger partial charge < -0.3 is 30.0 Å². The Hall–Kier alpha value is -2.53. The first-order valence-corrected chi connectivity index (χ1v) is 11.8. The van der Waals surface area contributed by atoms with E-state index in [9.17, 15) is 24.3 Å². The maximum absolute atomic E-state index is 13.6. The van der Waals surface area contributed by atoms with Gasteiger partial charge in [-0.3, -0.25) is 19.7 Å². The average molecular weight is 512 g/mol. The first-order chi connectivity index (χ1) is 16.4. The van der Waals surface area contributed by atoms with Crippen LogP contribution in [0.15, 0.2) is 18.2 Å². The van der Waals surface area contributed by atoms with E-state index in [1.807, 2.05) is 20.8 Å². The second-order valence-corrected chi connectivity index (χ2v) is 10.1. The summed E-state index contributed by atoms with van der Waals surface area (Å²) < 4.78 is 5.09. The number of ether oxygens (including phenoxy) is 1. The topological polar surface area (TPSA) is 145 Å². The molecular formula is C24H34ClN3O7. The maximum Gasteiger partial charge on any atom is 0.305 e. The van der Waals surface area contributed by atoms with Crippen molar-refractivity contribution < 1.29 is 34.1 Å². The van der Waals surface area contributed by atoms with E-state index in [1.165, 1.54) is 4.90 Å². The van der Waals surface area contributed by atoms with Crippen LogP contribution in [0.4, 0.5) is 0 Å². The molecule has 1 aromatic rings. The van der Waals surface area contributed by atoms with Crippen molar-refractivity contribution in [2.24, 2.45) is 5.41 Å². The Kier molecular flexibility index (Phi) is 10.2. The fourth-order valence-corrected chi connectivity index (χ4v) is 4.36. The third kappa shape index (κ3) is 7.73. The van der Waals surface area contributed by atoms with Gasteiger partial charge in [-0.05, 0) is 29.9 Å². The van der Waals surface area contributed by atoms with E-state index in [4.69, 9.17) is 21.4 Å². The van der Waals surface area contributed by atoms with Gasteiger partial charge in [0.1, 0.15) is 18.6 Å². The molecule has 0 spiro atoms. The van der Waals surface area contributed by atoms with Gasteiger partial charge in [0, 0.05) is 24.2 Å². The zero-order valence-corrected chi connectivity index (χ0v) is 21.2. The molecule has 0 radical (unpaired) electrons. The number of benzene rings is 1. The largest absolute Gasteiger partial charge is 0.481 e. The number of halogens is 1. The van der Waals surface area contributed by atoms with Gasteiger partial charge in [-0.2, -0.15) is 0 Å². The van der Waals surface area contributed by atoms with Crippen molar-refractivity contribution >= 4 is 35.7 Å². The number of aliphatic hydroxyl groups excluding tert-OH is 1. The van der Waals surface area contributed by atoms with Crippen LogP contribution in [0.5, 0.6) is 0 Å². The normalized spacial score (nSPS) is 18.6. The minimum Gasteiger partial charge on any atom is -0.481 e. The van der Waals surface area contributed by atoms with Crippen molar-refractivity contribution in [1.29, 1.82) is 0 Å². The second-order valence-electron chi connectivity index (χ2n) is 9.70. The number of hydrogen-bond donors (Lipinski definition) is 4. The fourth-order valence-electron chi connectivity index (χ4n) is 4.06. The third-order valence-electron chi connectivity index (χ3n) is 5.83. The van der Waals surface area contributed by atoms with E-state index in [-0.39, 0.29) is 5.91 Å². The van der Waals surface area contributed by atoms with Crippen molar-refractivity contribution in [1.82, 2.24) is 15.5 Å². The molecular weight excluding hydrogens is 478 g/mol. The highest BCUT2D eigenvalue weighted by molar-refractivity contribution is 6.31. The zero-order valence-electron chi connectivity index (χ0n) is 20.4. The summed E-state index contributed by atoms with van der Waals surface area (Å²) >= 11 is 6.35. The summed E-state index contributed by atoms with van der Waals surface area (Å²) in [5.74, 6) is -2.19. The highest BCUT2D eigenvalue weighted by atomic mass is 35.5. The van der Waals surface area contributed by atoms with E-state index in [1.54, 1.807) is 25.3 Å². The number of carbonyl (C=O) groups is 4. The molecule has 2 amide bonds. The van der Waals surface area contributed by atoms with Crippen LogP contribution in [0.2, 0.25) is 5.02 Å². The predicted octanol–water partition coefficient (Wildman–Crippen LogP) is 1.63. The zero-order chi connectivity index (χ0) is 26.3. The lowest BCUT2D eigenvalue weighted by molar-refractivity contribution is -0.144. The van der Waals surface area contributed by atoms with Crippen LogP contribution < -0.4 is 10.6 Å². The first kappa shape index (κ1) is 28.7. The Morgan fingerprint density at radius 2 is 2.00 bits per heavy atom. The van der Waals surface area contributed by atoms with Gasteiger partial charge in [0.2, 0.25) is 11.8 Å². The van der Waals surface area contributed by atoms with Crippen LogP contribution in [0.25, 0.3) is 0 Å². The molecule has 1 aliphatic rings. The molecule has 1 unspecified atom stereocenters. The Labute approximate surface area is 210 Å². The van der Waals surface area contributed by atoms with Crippen molar-refractivity contribution in [2.75, 3.05) is 13.7 Å². The summed E-state index contributed by atoms with van der Waals surface area (Å²) in [6.45, 7) is 6.18. The molecule has 35 heavy (non-hydrogen) atoms. The smallest absolute Gasteiger partial charge is 0.305 e. The number of carbonyl (C=O) groups excluding carboxylic acids is 3. The number of methoxy groups -OCH3 is 1. The fraction of sp³-hybridized carbons (Fsp3) is 0.583. The van der Waals surface area contributed by atoms with Gasteiger partial charge in [0.25, 0.3) is 0 Å². The molecule has 10 nitrogen and oxygen atoms in total. The summed E-state index contributed by atoms with van der Waals surface area (Å²) in [5, 5.41) is 25.5. The Balaban J connectivity index is 2.20. The molecule has 0 bridgehead atoms. The molecule has 0 aromatic heterocycles. The highest BCUT2D eigenvalue weighted by Gasteiger charge is 2.42. The molecule has 11 heteroatoms. The minimum atomic E-state index is -1.25. The molecule has 0 saturated carbocycles. The SMILES string of the molecule is COCc1ccc(C(O)N[C@H](C(=O)N2CCC[C@H]2C(=O)N[C@H](C=O)CC(=O)O)C(C)(C)C)c(Cl)c1. The van der Waals surface area contributed by atoms with Gasteiger partial charge in [-0.1, -0.05) is 44.5 Å². The van der Waals surface area contributed by atoms with Crippen LogP contribution in [-0.2, 0) is 30.5 Å². The van der Waals surface area contributed by atoms with Gasteiger partial charge in [-0.15, -0.1) is 0 Å². The van der Waals surface area contributed by atoms with Crippen LogP contribution >= 0.6 is 11.6 Å². The van der Waals surface area contributed by atoms with Gasteiger partial charge in [0.15, 0.2) is 0 Å². The Morgan fingerprint density at radius 1 is 1.31 bits per heavy atom. The molecule has 1 fully saturated rings. The quantitative estimate of drug-likeness (QED) is 0.259. The van der Waals surface area contributed by atoms with Crippen molar-refractivity contribution in [3.63, 3.8) is 0 Å². The standard InChI is InChI=1S/C24H34ClN3O7/c1-24(2,3)20(27-21(32)16-8-7-14(13-35-4)10-17(16)25)23(34)28-9-5-6-18(28)22(33)26-15(12-29)11-19(30)31/h7-8,10,12,15,18,20-21,27,32H,5-6,9,11,13H2,1-4H3,(H,26,33)(H,30,31)/t15-,18-,20+,21?/m0/s1. The molecule has 1 heterocycles. The van der Waals surface area contributed by atoms with Crippen LogP contribution in [0.1, 0.15) is 57.4 Å². The molecule has 4 N–H and O–H groups in total. The number of nitrogens with one attached hydrogen (secondary N) is 2. The monoisotopic (exact) mass is 511 g/mol. The Bertz CT molecular complexity index is 934. The summed E-state index contributed by atoms with van der Waals surface area (Å²) in [6.07, 6.45) is -0.483. The molecule has 1 aromatic carbocycles.